The van der Waals surface area contributed by atoms with Gasteiger partial charge in [-0.25, -0.2) is 4.39 Å². The Balaban J connectivity index is 1.82. The second-order valence-corrected chi connectivity index (χ2v) is 5.68. The molecule has 0 unspecified atom stereocenters. The lowest BCUT2D eigenvalue weighted by molar-refractivity contribution is 0.622. The minimum Gasteiger partial charge on any atom is -0.368 e. The molecule has 0 bridgehead atoms. The third kappa shape index (κ3) is 2.83. The molecule has 2 nitrogen and oxygen atoms in total. The van der Waals surface area contributed by atoms with Crippen LogP contribution in [0.1, 0.15) is 31.2 Å². The third-order valence-electron chi connectivity index (χ3n) is 3.85. The fraction of sp³-hybridized carbons (Fsp3) is 0.600. The largest absolute Gasteiger partial charge is 0.368 e. The lowest BCUT2D eigenvalue weighted by Gasteiger charge is -2.25. The molecule has 0 aromatic heterocycles. The molecule has 2 N–H and O–H groups in total. The zero-order chi connectivity index (χ0) is 12.5. The SMILES string of the molecule is NCCc1cc(F)cc(N(CC2CC2)C2CC2)c1. The molecule has 0 radical (unpaired) electrons. The lowest BCUT2D eigenvalue weighted by atomic mass is 10.1. The summed E-state index contributed by atoms with van der Waals surface area (Å²) in [6.45, 7) is 1.69. The molecule has 2 saturated carbocycles. The van der Waals surface area contributed by atoms with Gasteiger partial charge in [-0.05, 0) is 68.3 Å². The summed E-state index contributed by atoms with van der Waals surface area (Å²) >= 11 is 0. The molecule has 1 aromatic rings. The molecule has 18 heavy (non-hydrogen) atoms. The number of hydrogen-bond acceptors (Lipinski definition) is 2. The van der Waals surface area contributed by atoms with Crippen LogP contribution < -0.4 is 10.6 Å². The van der Waals surface area contributed by atoms with Gasteiger partial charge in [0.2, 0.25) is 0 Å². The maximum absolute atomic E-state index is 13.7. The summed E-state index contributed by atoms with van der Waals surface area (Å²) in [5.41, 5.74) is 7.65. The van der Waals surface area contributed by atoms with Crippen LogP contribution in [0.25, 0.3) is 0 Å². The van der Waals surface area contributed by atoms with Crippen molar-refractivity contribution < 1.29 is 4.39 Å². The normalized spacial score (nSPS) is 19.0. The van der Waals surface area contributed by atoms with Gasteiger partial charge in [0, 0.05) is 18.3 Å². The third-order valence-corrected chi connectivity index (χ3v) is 3.85. The lowest BCUT2D eigenvalue weighted by Crippen LogP contribution is -2.28. The van der Waals surface area contributed by atoms with Crippen molar-refractivity contribution in [3.05, 3.63) is 29.6 Å². The fourth-order valence-electron chi connectivity index (χ4n) is 2.54. The average Bonchev–Trinajstić information content (AvgIpc) is 3.19. The summed E-state index contributed by atoms with van der Waals surface area (Å²) in [5, 5.41) is 0. The summed E-state index contributed by atoms with van der Waals surface area (Å²) in [4.78, 5) is 2.42. The van der Waals surface area contributed by atoms with Gasteiger partial charge in [-0.1, -0.05) is 0 Å². The van der Waals surface area contributed by atoms with Gasteiger partial charge in [0.1, 0.15) is 5.82 Å². The van der Waals surface area contributed by atoms with Crippen molar-refractivity contribution in [1.29, 1.82) is 0 Å². The van der Waals surface area contributed by atoms with E-state index in [1.807, 2.05) is 0 Å². The minimum atomic E-state index is -0.127. The van der Waals surface area contributed by atoms with Crippen molar-refractivity contribution in [1.82, 2.24) is 0 Å². The second-order valence-electron chi connectivity index (χ2n) is 5.68. The Kier molecular flexibility index (Phi) is 3.25. The van der Waals surface area contributed by atoms with Crippen LogP contribution in [0.3, 0.4) is 0 Å². The number of rotatable bonds is 6. The van der Waals surface area contributed by atoms with E-state index >= 15 is 0 Å². The number of nitrogens with two attached hydrogens (primary N) is 1. The van der Waals surface area contributed by atoms with Crippen LogP contribution in [-0.2, 0) is 6.42 Å². The smallest absolute Gasteiger partial charge is 0.125 e. The molecule has 98 valence electrons. The topological polar surface area (TPSA) is 29.3 Å². The first-order valence-electron chi connectivity index (χ1n) is 7.02. The number of anilines is 1. The van der Waals surface area contributed by atoms with Crippen molar-refractivity contribution in [2.45, 2.75) is 38.1 Å². The minimum absolute atomic E-state index is 0.127. The van der Waals surface area contributed by atoms with Crippen LogP contribution in [0.4, 0.5) is 10.1 Å². The zero-order valence-electron chi connectivity index (χ0n) is 10.7. The fourth-order valence-corrected chi connectivity index (χ4v) is 2.54. The van der Waals surface area contributed by atoms with E-state index in [0.29, 0.717) is 12.6 Å². The van der Waals surface area contributed by atoms with Crippen LogP contribution in [0.5, 0.6) is 0 Å². The summed E-state index contributed by atoms with van der Waals surface area (Å²) in [7, 11) is 0. The Morgan fingerprint density at radius 1 is 1.17 bits per heavy atom. The van der Waals surface area contributed by atoms with Crippen molar-refractivity contribution >= 4 is 5.69 Å². The number of nitrogens with zero attached hydrogens (tertiary/aromatic N) is 1. The number of halogens is 1. The highest BCUT2D eigenvalue weighted by molar-refractivity contribution is 5.51. The zero-order valence-corrected chi connectivity index (χ0v) is 10.7. The predicted molar refractivity (Wildman–Crippen MR) is 72.3 cm³/mol. The molecule has 3 rings (SSSR count). The summed E-state index contributed by atoms with van der Waals surface area (Å²) < 4.78 is 13.7. The van der Waals surface area contributed by atoms with Crippen LogP contribution in [0.15, 0.2) is 18.2 Å². The van der Waals surface area contributed by atoms with E-state index in [0.717, 1.165) is 30.1 Å². The summed E-state index contributed by atoms with van der Waals surface area (Å²) in [6.07, 6.45) is 5.96. The van der Waals surface area contributed by atoms with Gasteiger partial charge in [-0.3, -0.25) is 0 Å². The number of benzene rings is 1. The van der Waals surface area contributed by atoms with Crippen LogP contribution >= 0.6 is 0 Å². The average molecular weight is 248 g/mol. The molecule has 2 aliphatic carbocycles. The monoisotopic (exact) mass is 248 g/mol. The first-order chi connectivity index (χ1) is 8.76. The van der Waals surface area contributed by atoms with E-state index in [2.05, 4.69) is 11.0 Å². The van der Waals surface area contributed by atoms with E-state index < -0.39 is 0 Å². The number of hydrogen-bond donors (Lipinski definition) is 1. The molecule has 0 saturated heterocycles. The van der Waals surface area contributed by atoms with E-state index in [4.69, 9.17) is 5.73 Å². The van der Waals surface area contributed by atoms with Crippen LogP contribution in [0, 0.1) is 11.7 Å². The Labute approximate surface area is 108 Å². The Morgan fingerprint density at radius 2 is 1.94 bits per heavy atom. The van der Waals surface area contributed by atoms with Gasteiger partial charge in [-0.15, -0.1) is 0 Å². The van der Waals surface area contributed by atoms with Gasteiger partial charge in [0.05, 0.1) is 0 Å². The predicted octanol–water partition coefficient (Wildman–Crippen LogP) is 2.71. The quantitative estimate of drug-likeness (QED) is 0.838. The molecule has 0 spiro atoms. The highest BCUT2D eigenvalue weighted by Crippen LogP contribution is 2.38. The molecular formula is C15H21FN2. The van der Waals surface area contributed by atoms with Gasteiger partial charge >= 0.3 is 0 Å². The van der Waals surface area contributed by atoms with E-state index in [-0.39, 0.29) is 5.82 Å². The van der Waals surface area contributed by atoms with Crippen LogP contribution in [-0.4, -0.2) is 19.1 Å². The Hall–Kier alpha value is -1.09. The maximum atomic E-state index is 13.7. The van der Waals surface area contributed by atoms with Crippen molar-refractivity contribution in [2.75, 3.05) is 18.0 Å². The van der Waals surface area contributed by atoms with Gasteiger partial charge in [0.15, 0.2) is 0 Å². The standard InChI is InChI=1S/C15H21FN2/c16-13-7-12(5-6-17)8-15(9-13)18(14-3-4-14)10-11-1-2-11/h7-9,11,14H,1-6,10,17H2. The molecule has 3 heteroatoms. The van der Waals surface area contributed by atoms with E-state index in [1.54, 1.807) is 12.1 Å². The van der Waals surface area contributed by atoms with Crippen molar-refractivity contribution in [3.8, 4) is 0 Å². The first kappa shape index (κ1) is 12.0. The summed E-state index contributed by atoms with van der Waals surface area (Å²) in [5.74, 6) is 0.712. The molecule has 0 atom stereocenters. The van der Waals surface area contributed by atoms with E-state index in [1.165, 1.54) is 25.7 Å². The van der Waals surface area contributed by atoms with Crippen molar-refractivity contribution in [3.63, 3.8) is 0 Å². The van der Waals surface area contributed by atoms with Gasteiger partial charge in [-0.2, -0.15) is 0 Å². The van der Waals surface area contributed by atoms with Gasteiger partial charge < -0.3 is 10.6 Å². The highest BCUT2D eigenvalue weighted by Gasteiger charge is 2.34. The highest BCUT2D eigenvalue weighted by atomic mass is 19.1. The van der Waals surface area contributed by atoms with Crippen LogP contribution in [0.2, 0.25) is 0 Å². The molecule has 0 aliphatic heterocycles. The summed E-state index contributed by atoms with van der Waals surface area (Å²) in [6, 6.07) is 6.06. The second kappa shape index (κ2) is 4.88. The molecule has 2 aliphatic rings. The molecular weight excluding hydrogens is 227 g/mol. The first-order valence-corrected chi connectivity index (χ1v) is 7.02. The molecule has 0 heterocycles. The van der Waals surface area contributed by atoms with E-state index in [9.17, 15) is 4.39 Å². The Bertz CT molecular complexity index is 425. The Morgan fingerprint density at radius 3 is 2.56 bits per heavy atom. The molecule has 1 aromatic carbocycles. The maximum Gasteiger partial charge on any atom is 0.125 e. The van der Waals surface area contributed by atoms with Crippen molar-refractivity contribution in [2.24, 2.45) is 11.7 Å². The molecule has 0 amide bonds. The molecule has 2 fully saturated rings. The van der Waals surface area contributed by atoms with Gasteiger partial charge in [0.25, 0.3) is 0 Å².